The number of ether oxygens (including phenoxy) is 1. The van der Waals surface area contributed by atoms with E-state index in [0.717, 1.165) is 10.9 Å². The Morgan fingerprint density at radius 2 is 2.22 bits per heavy atom. The number of hydrogen-bond donors (Lipinski definition) is 1. The Balaban J connectivity index is 1.86. The Morgan fingerprint density at radius 1 is 1.43 bits per heavy atom. The fourth-order valence-corrected chi connectivity index (χ4v) is 3.15. The molecule has 1 amide bonds. The molecule has 0 bridgehead atoms. The van der Waals surface area contributed by atoms with Crippen molar-refractivity contribution in [3.8, 4) is 0 Å². The van der Waals surface area contributed by atoms with E-state index in [4.69, 9.17) is 9.15 Å². The van der Waals surface area contributed by atoms with Crippen LogP contribution >= 0.6 is 0 Å². The van der Waals surface area contributed by atoms with Gasteiger partial charge in [-0.15, -0.1) is 0 Å². The molecule has 3 rings (SSSR count). The van der Waals surface area contributed by atoms with Crippen molar-refractivity contribution in [1.29, 1.82) is 0 Å². The number of fused-ring (bicyclic) bond motifs is 1. The number of rotatable bonds is 4. The molecule has 1 aliphatic rings. The van der Waals surface area contributed by atoms with Crippen LogP contribution in [0.5, 0.6) is 0 Å². The number of carboxylic acid groups (broad SMARTS) is 1. The first-order valence-electron chi connectivity index (χ1n) is 7.48. The Morgan fingerprint density at radius 3 is 2.87 bits per heavy atom. The van der Waals surface area contributed by atoms with Gasteiger partial charge in [-0.2, -0.15) is 0 Å². The van der Waals surface area contributed by atoms with Crippen molar-refractivity contribution in [1.82, 2.24) is 4.90 Å². The van der Waals surface area contributed by atoms with E-state index in [1.165, 1.54) is 12.0 Å². The van der Waals surface area contributed by atoms with Gasteiger partial charge in [0.05, 0.1) is 6.61 Å². The van der Waals surface area contributed by atoms with E-state index in [1.54, 1.807) is 6.07 Å². The van der Waals surface area contributed by atoms with Crippen LogP contribution in [-0.2, 0) is 9.53 Å². The lowest BCUT2D eigenvalue weighted by molar-refractivity contribution is -0.151. The first-order chi connectivity index (χ1) is 11.0. The van der Waals surface area contributed by atoms with Crippen molar-refractivity contribution in [3.05, 3.63) is 35.6 Å². The summed E-state index contributed by atoms with van der Waals surface area (Å²) in [6.07, 6.45) is 0.376. The number of aliphatic carboxylic acids is 1. The van der Waals surface area contributed by atoms with Gasteiger partial charge in [-0.3, -0.25) is 9.59 Å². The molecule has 6 nitrogen and oxygen atoms in total. The molecule has 1 unspecified atom stereocenters. The predicted molar refractivity (Wildman–Crippen MR) is 83.4 cm³/mol. The van der Waals surface area contributed by atoms with E-state index < -0.39 is 11.4 Å². The van der Waals surface area contributed by atoms with Gasteiger partial charge >= 0.3 is 5.97 Å². The smallest absolute Gasteiger partial charge is 0.313 e. The van der Waals surface area contributed by atoms with Crippen LogP contribution in [0, 0.1) is 12.3 Å². The molecular formula is C17H19NO5. The molecule has 1 aromatic carbocycles. The first kappa shape index (κ1) is 15.6. The van der Waals surface area contributed by atoms with Crippen LogP contribution in [0.25, 0.3) is 11.0 Å². The first-order valence-corrected chi connectivity index (χ1v) is 7.48. The summed E-state index contributed by atoms with van der Waals surface area (Å²) in [6.45, 7) is 2.52. The number of nitrogens with zero attached hydrogens (tertiary/aromatic N) is 1. The van der Waals surface area contributed by atoms with E-state index in [0.29, 0.717) is 18.5 Å². The standard InChI is InChI=1S/C17H19NO5/c1-11-4-3-5-12-8-13(23-14(11)12)15(19)18-7-6-17(9-18,10-22-2)16(20)21/h3-5,8H,6-7,9-10H2,1-2H3,(H,20,21). The highest BCUT2D eigenvalue weighted by Gasteiger charge is 2.47. The minimum absolute atomic E-state index is 0.0886. The number of para-hydroxylation sites is 1. The SMILES string of the molecule is COCC1(C(=O)O)CCN(C(=O)c2cc3cccc(C)c3o2)C1. The maximum Gasteiger partial charge on any atom is 0.313 e. The van der Waals surface area contributed by atoms with Crippen LogP contribution in [0.2, 0.25) is 0 Å². The third-order valence-electron chi connectivity index (χ3n) is 4.47. The van der Waals surface area contributed by atoms with Gasteiger partial charge in [0.25, 0.3) is 5.91 Å². The summed E-state index contributed by atoms with van der Waals surface area (Å²) < 4.78 is 10.7. The molecule has 0 saturated carbocycles. The molecule has 1 atom stereocenters. The van der Waals surface area contributed by atoms with Gasteiger partial charge in [0, 0.05) is 25.6 Å². The number of carbonyl (C=O) groups excluding carboxylic acids is 1. The summed E-state index contributed by atoms with van der Waals surface area (Å²) in [6, 6.07) is 7.43. The third kappa shape index (κ3) is 2.59. The molecule has 1 aromatic heterocycles. The van der Waals surface area contributed by atoms with Gasteiger partial charge < -0.3 is 19.2 Å². The molecule has 1 fully saturated rings. The molecule has 23 heavy (non-hydrogen) atoms. The maximum atomic E-state index is 12.6. The van der Waals surface area contributed by atoms with E-state index in [-0.39, 0.29) is 24.8 Å². The minimum atomic E-state index is -1.04. The second kappa shape index (κ2) is 5.70. The van der Waals surface area contributed by atoms with E-state index >= 15 is 0 Å². The number of likely N-dealkylation sites (tertiary alicyclic amines) is 1. The zero-order valence-electron chi connectivity index (χ0n) is 13.2. The third-order valence-corrected chi connectivity index (χ3v) is 4.47. The molecule has 0 radical (unpaired) electrons. The van der Waals surface area contributed by atoms with Gasteiger partial charge in [0.2, 0.25) is 0 Å². The predicted octanol–water partition coefficient (Wildman–Crippen LogP) is 2.30. The topological polar surface area (TPSA) is 80.0 Å². The lowest BCUT2D eigenvalue weighted by Gasteiger charge is -2.23. The summed E-state index contributed by atoms with van der Waals surface area (Å²) in [5.74, 6) is -0.970. The fourth-order valence-electron chi connectivity index (χ4n) is 3.15. The summed E-state index contributed by atoms with van der Waals surface area (Å²) >= 11 is 0. The number of carbonyl (C=O) groups is 2. The van der Waals surface area contributed by atoms with Crippen LogP contribution in [0.4, 0.5) is 0 Å². The van der Waals surface area contributed by atoms with Crippen LogP contribution in [0.1, 0.15) is 22.5 Å². The van der Waals surface area contributed by atoms with Crippen LogP contribution in [-0.4, -0.2) is 48.7 Å². The molecular weight excluding hydrogens is 298 g/mol. The van der Waals surface area contributed by atoms with E-state index in [1.807, 2.05) is 25.1 Å². The highest BCUT2D eigenvalue weighted by Crippen LogP contribution is 2.33. The number of aryl methyl sites for hydroxylation is 1. The minimum Gasteiger partial charge on any atom is -0.481 e. The van der Waals surface area contributed by atoms with Crippen molar-refractivity contribution in [2.24, 2.45) is 5.41 Å². The van der Waals surface area contributed by atoms with Gasteiger partial charge in [0.1, 0.15) is 11.0 Å². The van der Waals surface area contributed by atoms with Gasteiger partial charge in [-0.1, -0.05) is 18.2 Å². The highest BCUT2D eigenvalue weighted by molar-refractivity contribution is 5.97. The molecule has 1 aliphatic heterocycles. The molecule has 1 N–H and O–H groups in total. The largest absolute Gasteiger partial charge is 0.481 e. The van der Waals surface area contributed by atoms with Crippen LogP contribution in [0.15, 0.2) is 28.7 Å². The molecule has 2 heterocycles. The van der Waals surface area contributed by atoms with Gasteiger partial charge in [-0.25, -0.2) is 0 Å². The Kier molecular flexibility index (Phi) is 3.85. The number of hydrogen-bond acceptors (Lipinski definition) is 4. The van der Waals surface area contributed by atoms with Gasteiger partial charge in [-0.05, 0) is 25.0 Å². The van der Waals surface area contributed by atoms with E-state index in [2.05, 4.69) is 0 Å². The average molecular weight is 317 g/mol. The van der Waals surface area contributed by atoms with Crippen molar-refractivity contribution < 1.29 is 23.8 Å². The Labute approximate surface area is 133 Å². The Hall–Kier alpha value is -2.34. The number of amides is 1. The second-order valence-corrected chi connectivity index (χ2v) is 6.10. The number of benzene rings is 1. The van der Waals surface area contributed by atoms with Crippen LogP contribution < -0.4 is 0 Å². The number of methoxy groups -OCH3 is 1. The summed E-state index contributed by atoms with van der Waals surface area (Å²) in [5.41, 5.74) is 0.616. The van der Waals surface area contributed by atoms with E-state index in [9.17, 15) is 14.7 Å². The van der Waals surface area contributed by atoms with Crippen molar-refractivity contribution in [2.45, 2.75) is 13.3 Å². The molecule has 2 aromatic rings. The van der Waals surface area contributed by atoms with Crippen LogP contribution in [0.3, 0.4) is 0 Å². The summed E-state index contributed by atoms with van der Waals surface area (Å²) in [5, 5.41) is 10.3. The molecule has 122 valence electrons. The summed E-state index contributed by atoms with van der Waals surface area (Å²) in [4.78, 5) is 25.7. The average Bonchev–Trinajstić information content (AvgIpc) is 3.13. The molecule has 0 spiro atoms. The lowest BCUT2D eigenvalue weighted by Crippen LogP contribution is -2.40. The number of furan rings is 1. The maximum absolute atomic E-state index is 12.6. The molecule has 0 aliphatic carbocycles. The van der Waals surface area contributed by atoms with Gasteiger partial charge in [0.15, 0.2) is 5.76 Å². The zero-order valence-corrected chi connectivity index (χ0v) is 13.2. The number of carboxylic acids is 1. The second-order valence-electron chi connectivity index (χ2n) is 6.10. The fraction of sp³-hybridized carbons (Fsp3) is 0.412. The quantitative estimate of drug-likeness (QED) is 0.936. The highest BCUT2D eigenvalue weighted by atomic mass is 16.5. The molecule has 6 heteroatoms. The monoisotopic (exact) mass is 317 g/mol. The molecule has 1 saturated heterocycles. The summed E-state index contributed by atoms with van der Waals surface area (Å²) in [7, 11) is 1.47. The zero-order chi connectivity index (χ0) is 16.6. The Bertz CT molecular complexity index is 765. The van der Waals surface area contributed by atoms with Crippen molar-refractivity contribution in [2.75, 3.05) is 26.8 Å². The van der Waals surface area contributed by atoms with Crippen molar-refractivity contribution >= 4 is 22.8 Å². The normalized spacial score (nSPS) is 21.0. The van der Waals surface area contributed by atoms with Crippen molar-refractivity contribution in [3.63, 3.8) is 0 Å². The lowest BCUT2D eigenvalue weighted by atomic mass is 9.88.